The summed E-state index contributed by atoms with van der Waals surface area (Å²) in [5.41, 5.74) is -4.20. The summed E-state index contributed by atoms with van der Waals surface area (Å²) in [7, 11) is 0. The zero-order valence-electron chi connectivity index (χ0n) is 10.9. The van der Waals surface area contributed by atoms with Crippen LogP contribution in [-0.2, 0) is 0 Å². The molecule has 0 spiro atoms. The minimum Gasteiger partial charge on any atom is -0.386 e. The zero-order valence-corrected chi connectivity index (χ0v) is 10.9. The summed E-state index contributed by atoms with van der Waals surface area (Å²) in [6, 6.07) is 0. The molecule has 0 amide bonds. The lowest BCUT2D eigenvalue weighted by Crippen LogP contribution is -2.64. The lowest BCUT2D eigenvalue weighted by molar-refractivity contribution is -0.354. The van der Waals surface area contributed by atoms with Gasteiger partial charge in [-0.15, -0.1) is 0 Å². The third-order valence-corrected chi connectivity index (χ3v) is 4.64. The maximum Gasteiger partial charge on any atom is 0.423 e. The Bertz CT molecular complexity index is 406. The molecule has 0 aromatic rings. The molecule has 2 nitrogen and oxygen atoms in total. The van der Waals surface area contributed by atoms with E-state index in [0.29, 0.717) is 6.42 Å². The van der Waals surface area contributed by atoms with Gasteiger partial charge in [0, 0.05) is 0 Å². The second kappa shape index (κ2) is 4.66. The van der Waals surface area contributed by atoms with Gasteiger partial charge in [-0.05, 0) is 37.0 Å². The number of hydrogen-bond donors (Lipinski definition) is 2. The van der Waals surface area contributed by atoms with E-state index in [2.05, 4.69) is 0 Å². The topological polar surface area (TPSA) is 40.5 Å². The second-order valence-electron chi connectivity index (χ2n) is 5.72. The van der Waals surface area contributed by atoms with E-state index in [9.17, 15) is 32.2 Å². The minimum atomic E-state index is -5.50. The largest absolute Gasteiger partial charge is 0.423 e. The normalized spacial score (nSPS) is 34.3. The second-order valence-corrected chi connectivity index (χ2v) is 5.72. The van der Waals surface area contributed by atoms with Crippen molar-refractivity contribution in [3.63, 3.8) is 0 Å². The lowest BCUT2D eigenvalue weighted by Gasteiger charge is -2.41. The van der Waals surface area contributed by atoms with Crippen molar-refractivity contribution < 1.29 is 32.2 Å². The average Bonchev–Trinajstić information content (AvgIpc) is 2.97. The molecule has 2 aliphatic carbocycles. The number of hydrogen-bond acceptors (Lipinski definition) is 2. The Morgan fingerprint density at radius 3 is 2.10 bits per heavy atom. The van der Waals surface area contributed by atoms with Crippen LogP contribution in [0.3, 0.4) is 0 Å². The molecular weight excluding hydrogens is 283 g/mol. The van der Waals surface area contributed by atoms with Gasteiger partial charge in [0.1, 0.15) is 6.10 Å². The number of rotatable bonds is 4. The first-order valence-corrected chi connectivity index (χ1v) is 6.58. The molecule has 116 valence electrons. The van der Waals surface area contributed by atoms with Crippen molar-refractivity contribution in [1.29, 1.82) is 0 Å². The first kappa shape index (κ1) is 15.7. The van der Waals surface area contributed by atoms with E-state index >= 15 is 0 Å². The summed E-state index contributed by atoms with van der Waals surface area (Å²) >= 11 is 0. The van der Waals surface area contributed by atoms with Gasteiger partial charge in [0.05, 0.1) is 0 Å². The van der Waals surface area contributed by atoms with Crippen LogP contribution in [0, 0.1) is 17.8 Å². The van der Waals surface area contributed by atoms with Crippen LogP contribution in [0.5, 0.6) is 0 Å². The Labute approximate surface area is 113 Å². The molecule has 0 radical (unpaired) electrons. The SMILES string of the molecule is CCC(O)(C(F)(F)F)C(F)(F)C(O)C1CC2C=CC1C2. The van der Waals surface area contributed by atoms with Crippen molar-refractivity contribution in [2.24, 2.45) is 17.8 Å². The van der Waals surface area contributed by atoms with Crippen molar-refractivity contribution in [3.8, 4) is 0 Å². The van der Waals surface area contributed by atoms with E-state index in [4.69, 9.17) is 0 Å². The molecule has 2 bridgehead atoms. The highest BCUT2D eigenvalue weighted by Crippen LogP contribution is 2.52. The van der Waals surface area contributed by atoms with Crippen LogP contribution < -0.4 is 0 Å². The molecule has 2 rings (SSSR count). The summed E-state index contributed by atoms with van der Waals surface area (Å²) < 4.78 is 66.5. The number of alkyl halides is 5. The fraction of sp³-hybridized carbons (Fsp3) is 0.846. The number of aliphatic hydroxyl groups excluding tert-OH is 1. The Balaban J connectivity index is 2.27. The molecule has 0 aromatic carbocycles. The van der Waals surface area contributed by atoms with Gasteiger partial charge in [-0.1, -0.05) is 19.1 Å². The first-order valence-electron chi connectivity index (χ1n) is 6.58. The van der Waals surface area contributed by atoms with E-state index in [1.807, 2.05) is 6.08 Å². The molecule has 2 aliphatic rings. The van der Waals surface area contributed by atoms with Crippen LogP contribution >= 0.6 is 0 Å². The monoisotopic (exact) mass is 300 g/mol. The minimum absolute atomic E-state index is 0.0380. The molecule has 20 heavy (non-hydrogen) atoms. The van der Waals surface area contributed by atoms with Crippen LogP contribution in [0.4, 0.5) is 22.0 Å². The van der Waals surface area contributed by atoms with Gasteiger partial charge in [-0.3, -0.25) is 0 Å². The van der Waals surface area contributed by atoms with Crippen molar-refractivity contribution >= 4 is 0 Å². The standard InChI is InChI=1S/C13H17F5O2/c1-2-11(20,13(16,17)18)12(14,15)10(19)9-6-7-3-4-8(9)5-7/h3-4,7-10,19-20H,2,5-6H2,1H3. The molecule has 0 aliphatic heterocycles. The predicted molar refractivity (Wildman–Crippen MR) is 61.1 cm³/mol. The van der Waals surface area contributed by atoms with Crippen LogP contribution in [0.1, 0.15) is 26.2 Å². The molecule has 2 N–H and O–H groups in total. The van der Waals surface area contributed by atoms with E-state index in [1.165, 1.54) is 0 Å². The summed E-state index contributed by atoms with van der Waals surface area (Å²) in [5.74, 6) is -5.88. The van der Waals surface area contributed by atoms with Crippen LogP contribution in [0.25, 0.3) is 0 Å². The highest BCUT2D eigenvalue weighted by atomic mass is 19.4. The van der Waals surface area contributed by atoms with Gasteiger partial charge in [-0.2, -0.15) is 13.2 Å². The first-order chi connectivity index (χ1) is 9.04. The summed E-state index contributed by atoms with van der Waals surface area (Å²) in [6.07, 6.45) is -4.91. The Morgan fingerprint density at radius 2 is 1.75 bits per heavy atom. The quantitative estimate of drug-likeness (QED) is 0.619. The Morgan fingerprint density at radius 1 is 1.15 bits per heavy atom. The van der Waals surface area contributed by atoms with E-state index in [1.54, 1.807) is 6.08 Å². The smallest absolute Gasteiger partial charge is 0.386 e. The maximum atomic E-state index is 14.1. The van der Waals surface area contributed by atoms with Gasteiger partial charge < -0.3 is 10.2 Å². The zero-order chi connectivity index (χ0) is 15.3. The van der Waals surface area contributed by atoms with Crippen LogP contribution in [0.15, 0.2) is 12.2 Å². The summed E-state index contributed by atoms with van der Waals surface area (Å²) in [5, 5.41) is 19.2. The maximum absolute atomic E-state index is 14.1. The lowest BCUT2D eigenvalue weighted by atomic mass is 9.78. The molecule has 1 fully saturated rings. The van der Waals surface area contributed by atoms with Crippen molar-refractivity contribution in [3.05, 3.63) is 12.2 Å². The molecule has 5 atom stereocenters. The number of allylic oxidation sites excluding steroid dienone is 2. The van der Waals surface area contributed by atoms with Crippen LogP contribution in [0.2, 0.25) is 0 Å². The third kappa shape index (κ3) is 2.06. The van der Waals surface area contributed by atoms with Crippen molar-refractivity contribution in [2.45, 2.75) is 50.0 Å². The fourth-order valence-electron chi connectivity index (χ4n) is 3.32. The summed E-state index contributed by atoms with van der Waals surface area (Å²) in [4.78, 5) is 0. The summed E-state index contributed by atoms with van der Waals surface area (Å²) in [6.45, 7) is 0.828. The van der Waals surface area contributed by atoms with Gasteiger partial charge in [0.2, 0.25) is 5.60 Å². The molecule has 0 saturated heterocycles. The molecule has 5 unspecified atom stereocenters. The van der Waals surface area contributed by atoms with Gasteiger partial charge in [-0.25, -0.2) is 8.78 Å². The van der Waals surface area contributed by atoms with Crippen molar-refractivity contribution in [2.75, 3.05) is 0 Å². The highest BCUT2D eigenvalue weighted by molar-refractivity contribution is 5.14. The van der Waals surface area contributed by atoms with Crippen molar-refractivity contribution in [1.82, 2.24) is 0 Å². The van der Waals surface area contributed by atoms with Gasteiger partial charge in [0.25, 0.3) is 0 Å². The Kier molecular flexibility index (Phi) is 3.66. The van der Waals surface area contributed by atoms with Gasteiger partial charge >= 0.3 is 12.1 Å². The number of halogens is 5. The number of fused-ring (bicyclic) bond motifs is 2. The molecule has 0 aromatic heterocycles. The van der Waals surface area contributed by atoms with Gasteiger partial charge in [0.15, 0.2) is 0 Å². The fourth-order valence-corrected chi connectivity index (χ4v) is 3.32. The molecule has 1 saturated carbocycles. The Hall–Kier alpha value is -0.690. The predicted octanol–water partition coefficient (Wildman–Crippen LogP) is 2.90. The van der Waals surface area contributed by atoms with E-state index < -0.39 is 36.1 Å². The van der Waals surface area contributed by atoms with E-state index in [0.717, 1.165) is 6.92 Å². The third-order valence-electron chi connectivity index (χ3n) is 4.64. The number of aliphatic hydroxyl groups is 2. The molecule has 0 heterocycles. The van der Waals surface area contributed by atoms with E-state index in [-0.39, 0.29) is 18.3 Å². The average molecular weight is 300 g/mol. The van der Waals surface area contributed by atoms with Crippen LogP contribution in [-0.4, -0.2) is 34.0 Å². The highest BCUT2D eigenvalue weighted by Gasteiger charge is 2.71. The molecular formula is C13H17F5O2. The molecule has 7 heteroatoms.